The minimum Gasteiger partial charge on any atom is -1.00 e. The van der Waals surface area contributed by atoms with Crippen molar-refractivity contribution in [1.29, 1.82) is 0 Å². The van der Waals surface area contributed by atoms with Crippen LogP contribution in [0.15, 0.2) is 35.7 Å². The molecule has 96 valence electrons. The third-order valence-corrected chi connectivity index (χ3v) is 2.80. The Labute approximate surface area is 130 Å². The molecule has 0 aliphatic heterocycles. The first-order valence-corrected chi connectivity index (χ1v) is 6.42. The van der Waals surface area contributed by atoms with Crippen molar-refractivity contribution in [3.05, 3.63) is 41.3 Å². The molecule has 0 amide bonds. The van der Waals surface area contributed by atoms with Crippen LogP contribution in [0, 0.1) is 0 Å². The first-order chi connectivity index (χ1) is 8.03. The van der Waals surface area contributed by atoms with E-state index in [2.05, 4.69) is 4.18 Å². The summed E-state index contributed by atoms with van der Waals surface area (Å²) in [7, 11) is -3.84. The van der Waals surface area contributed by atoms with Crippen molar-refractivity contribution in [2.45, 2.75) is 6.10 Å². The zero-order valence-corrected chi connectivity index (χ0v) is 12.9. The maximum Gasteiger partial charge on any atom is 1.00 e. The zero-order valence-electron chi connectivity index (χ0n) is 11.1. The predicted octanol–water partition coefficient (Wildman–Crippen LogP) is -2.53. The summed E-state index contributed by atoms with van der Waals surface area (Å²) in [6, 6.07) is 8.87. The molecule has 1 atom stereocenters. The fourth-order valence-electron chi connectivity index (χ4n) is 0.991. The van der Waals surface area contributed by atoms with Crippen molar-refractivity contribution in [1.82, 2.24) is 0 Å². The Kier molecular flexibility index (Phi) is 8.71. The van der Waals surface area contributed by atoms with Crippen LogP contribution in [-0.2, 0) is 14.3 Å². The third kappa shape index (κ3) is 7.27. The molecular weight excluding hydrogens is 267 g/mol. The molecule has 0 bridgehead atoms. The SMILES string of the molecule is O=S(=O)(C=Cc1ccccc1)OCC(O)CO.[H-].[Na+]. The molecule has 0 radical (unpaired) electrons. The van der Waals surface area contributed by atoms with E-state index in [0.29, 0.717) is 0 Å². The van der Waals surface area contributed by atoms with E-state index in [0.717, 1.165) is 11.0 Å². The summed E-state index contributed by atoms with van der Waals surface area (Å²) in [5.41, 5.74) is 0.724. The molecule has 0 aliphatic carbocycles. The van der Waals surface area contributed by atoms with E-state index in [1.807, 2.05) is 6.07 Å². The van der Waals surface area contributed by atoms with Gasteiger partial charge in [-0.05, 0) is 11.6 Å². The van der Waals surface area contributed by atoms with E-state index in [4.69, 9.17) is 10.2 Å². The molecular formula is C11H15NaO5S. The molecule has 1 unspecified atom stereocenters. The number of benzene rings is 1. The standard InChI is InChI=1S/C11H14O5S.Na.H/c12-8-11(13)9-16-17(14,15)7-6-10-4-2-1-3-5-10;;/h1-7,11-13H,8-9H2;;/q;+1;-1. The van der Waals surface area contributed by atoms with Crippen molar-refractivity contribution < 1.29 is 53.8 Å². The molecule has 18 heavy (non-hydrogen) atoms. The second-order valence-corrected chi connectivity index (χ2v) is 4.82. The fourth-order valence-corrected chi connectivity index (χ4v) is 1.74. The van der Waals surface area contributed by atoms with Crippen LogP contribution in [0.25, 0.3) is 6.08 Å². The summed E-state index contributed by atoms with van der Waals surface area (Å²) < 4.78 is 27.1. The van der Waals surface area contributed by atoms with Gasteiger partial charge < -0.3 is 11.6 Å². The van der Waals surface area contributed by atoms with Crippen LogP contribution >= 0.6 is 0 Å². The number of rotatable bonds is 6. The average molecular weight is 282 g/mol. The van der Waals surface area contributed by atoms with Crippen LogP contribution in [-0.4, -0.2) is 37.9 Å². The minimum absolute atomic E-state index is 0. The quantitative estimate of drug-likeness (QED) is 0.444. The summed E-state index contributed by atoms with van der Waals surface area (Å²) in [6.45, 7) is -1.00. The van der Waals surface area contributed by atoms with E-state index in [1.165, 1.54) is 6.08 Å². The Hall–Kier alpha value is -0.210. The molecule has 0 aromatic heterocycles. The fraction of sp³-hybridized carbons (Fsp3) is 0.273. The van der Waals surface area contributed by atoms with Crippen molar-refractivity contribution >= 4 is 16.2 Å². The molecule has 0 aliphatic rings. The van der Waals surface area contributed by atoms with Crippen molar-refractivity contribution in [3.63, 3.8) is 0 Å². The normalized spacial score (nSPS) is 13.2. The molecule has 1 aromatic carbocycles. The van der Waals surface area contributed by atoms with Gasteiger partial charge in [0, 0.05) is 0 Å². The Morgan fingerprint density at radius 3 is 2.50 bits per heavy atom. The minimum atomic E-state index is -3.84. The van der Waals surface area contributed by atoms with Crippen LogP contribution in [0.3, 0.4) is 0 Å². The molecule has 0 fully saturated rings. The second-order valence-electron chi connectivity index (χ2n) is 3.33. The van der Waals surface area contributed by atoms with E-state index in [9.17, 15) is 8.42 Å². The van der Waals surface area contributed by atoms with Gasteiger partial charge in [0.05, 0.1) is 18.6 Å². The van der Waals surface area contributed by atoms with Crippen molar-refractivity contribution in [2.75, 3.05) is 13.2 Å². The van der Waals surface area contributed by atoms with Gasteiger partial charge in [-0.25, -0.2) is 0 Å². The van der Waals surface area contributed by atoms with Gasteiger partial charge in [0.15, 0.2) is 0 Å². The molecule has 7 heteroatoms. The summed E-state index contributed by atoms with van der Waals surface area (Å²) in [6.07, 6.45) is 0.190. The first-order valence-electron chi connectivity index (χ1n) is 4.95. The van der Waals surface area contributed by atoms with E-state index < -0.39 is 29.4 Å². The summed E-state index contributed by atoms with van der Waals surface area (Å²) in [4.78, 5) is 0. The molecule has 1 rings (SSSR count). The Bertz CT molecular complexity index is 463. The Morgan fingerprint density at radius 1 is 1.33 bits per heavy atom. The van der Waals surface area contributed by atoms with Gasteiger partial charge in [-0.3, -0.25) is 4.18 Å². The second kappa shape index (κ2) is 8.82. The third-order valence-electron chi connectivity index (χ3n) is 1.86. The monoisotopic (exact) mass is 282 g/mol. The van der Waals surface area contributed by atoms with Crippen molar-refractivity contribution in [3.8, 4) is 0 Å². The van der Waals surface area contributed by atoms with Crippen molar-refractivity contribution in [2.24, 2.45) is 0 Å². The smallest absolute Gasteiger partial charge is 1.00 e. The Morgan fingerprint density at radius 2 is 1.94 bits per heavy atom. The maximum absolute atomic E-state index is 11.3. The molecule has 5 nitrogen and oxygen atoms in total. The van der Waals surface area contributed by atoms with Gasteiger partial charge in [-0.2, -0.15) is 8.42 Å². The molecule has 1 aromatic rings. The average Bonchev–Trinajstić information content (AvgIpc) is 2.35. The molecule has 2 N–H and O–H groups in total. The number of aliphatic hydroxyl groups is 2. The van der Waals surface area contributed by atoms with Crippen LogP contribution in [0.1, 0.15) is 6.99 Å². The van der Waals surface area contributed by atoms with Gasteiger partial charge in [0.25, 0.3) is 10.1 Å². The van der Waals surface area contributed by atoms with Gasteiger partial charge in [-0.1, -0.05) is 30.3 Å². The number of hydrogen-bond acceptors (Lipinski definition) is 5. The first kappa shape index (κ1) is 17.8. The topological polar surface area (TPSA) is 83.8 Å². The summed E-state index contributed by atoms with van der Waals surface area (Å²) in [5.74, 6) is 0. The predicted molar refractivity (Wildman–Crippen MR) is 64.6 cm³/mol. The zero-order chi connectivity index (χ0) is 12.7. The molecule has 0 heterocycles. The molecule has 0 saturated carbocycles. The van der Waals surface area contributed by atoms with Gasteiger partial charge in [0.1, 0.15) is 6.10 Å². The number of aliphatic hydroxyl groups excluding tert-OH is 2. The van der Waals surface area contributed by atoms with Crippen LogP contribution in [0.4, 0.5) is 0 Å². The van der Waals surface area contributed by atoms with E-state index in [-0.39, 0.29) is 31.0 Å². The van der Waals surface area contributed by atoms with Gasteiger partial charge in [-0.15, -0.1) is 0 Å². The Balaban J connectivity index is 0. The van der Waals surface area contributed by atoms with Crippen LogP contribution in [0.5, 0.6) is 0 Å². The van der Waals surface area contributed by atoms with Gasteiger partial charge >= 0.3 is 29.6 Å². The number of hydrogen-bond donors (Lipinski definition) is 2. The molecule has 0 saturated heterocycles. The van der Waals surface area contributed by atoms with Gasteiger partial charge in [0.2, 0.25) is 0 Å². The maximum atomic E-state index is 11.3. The van der Waals surface area contributed by atoms with Crippen LogP contribution in [0.2, 0.25) is 0 Å². The summed E-state index contributed by atoms with van der Waals surface area (Å²) in [5, 5.41) is 18.3. The molecule has 0 spiro atoms. The summed E-state index contributed by atoms with van der Waals surface area (Å²) >= 11 is 0. The van der Waals surface area contributed by atoms with E-state index >= 15 is 0 Å². The van der Waals surface area contributed by atoms with Crippen LogP contribution < -0.4 is 29.6 Å². The largest absolute Gasteiger partial charge is 1.00 e. The van der Waals surface area contributed by atoms with E-state index in [1.54, 1.807) is 24.3 Å².